The largest absolute Gasteiger partial charge is 0.390 e. The first kappa shape index (κ1) is 10.1. The standard InChI is InChI=1S/C13H22O2/c1-2-3-13(15)10-4-9-5-11(13)8-12(14,6-9)7-10/h9-11,14-15H,2-8H2,1H3. The fourth-order valence-corrected chi connectivity index (χ4v) is 4.84. The molecule has 86 valence electrons. The summed E-state index contributed by atoms with van der Waals surface area (Å²) in [5.74, 6) is 1.46. The summed E-state index contributed by atoms with van der Waals surface area (Å²) in [6, 6.07) is 0. The van der Waals surface area contributed by atoms with Crippen LogP contribution in [-0.4, -0.2) is 21.4 Å². The number of rotatable bonds is 2. The number of hydrogen-bond acceptors (Lipinski definition) is 2. The van der Waals surface area contributed by atoms with Crippen molar-refractivity contribution < 1.29 is 10.2 Å². The van der Waals surface area contributed by atoms with Gasteiger partial charge in [-0.2, -0.15) is 0 Å². The van der Waals surface area contributed by atoms with E-state index in [0.29, 0.717) is 17.8 Å². The summed E-state index contributed by atoms with van der Waals surface area (Å²) in [5, 5.41) is 21.2. The van der Waals surface area contributed by atoms with E-state index in [1.165, 1.54) is 0 Å². The van der Waals surface area contributed by atoms with Crippen LogP contribution < -0.4 is 0 Å². The molecule has 2 unspecified atom stereocenters. The first-order valence-electron chi connectivity index (χ1n) is 6.50. The highest BCUT2D eigenvalue weighted by atomic mass is 16.3. The fraction of sp³-hybridized carbons (Fsp3) is 1.00. The Labute approximate surface area is 91.7 Å². The predicted molar refractivity (Wildman–Crippen MR) is 58.4 cm³/mol. The molecule has 0 radical (unpaired) electrons. The minimum Gasteiger partial charge on any atom is -0.390 e. The minimum atomic E-state index is -0.433. The average molecular weight is 210 g/mol. The van der Waals surface area contributed by atoms with Gasteiger partial charge in [0.25, 0.3) is 0 Å². The van der Waals surface area contributed by atoms with E-state index in [9.17, 15) is 10.2 Å². The van der Waals surface area contributed by atoms with Gasteiger partial charge in [0.05, 0.1) is 11.2 Å². The molecule has 4 aliphatic rings. The van der Waals surface area contributed by atoms with Gasteiger partial charge in [-0.05, 0) is 56.3 Å². The molecule has 0 aromatic heterocycles. The molecule has 4 aliphatic carbocycles. The van der Waals surface area contributed by atoms with Crippen LogP contribution in [-0.2, 0) is 0 Å². The Morgan fingerprint density at radius 2 is 1.67 bits per heavy atom. The van der Waals surface area contributed by atoms with Crippen LogP contribution in [0.4, 0.5) is 0 Å². The smallest absolute Gasteiger partial charge is 0.0706 e. The van der Waals surface area contributed by atoms with E-state index in [1.807, 2.05) is 0 Å². The Hall–Kier alpha value is -0.0800. The van der Waals surface area contributed by atoms with Crippen molar-refractivity contribution in [2.75, 3.05) is 0 Å². The van der Waals surface area contributed by atoms with Gasteiger partial charge < -0.3 is 10.2 Å². The molecule has 0 aromatic carbocycles. The highest BCUT2D eigenvalue weighted by Crippen LogP contribution is 2.60. The summed E-state index contributed by atoms with van der Waals surface area (Å²) < 4.78 is 0. The molecule has 4 saturated carbocycles. The van der Waals surface area contributed by atoms with Gasteiger partial charge >= 0.3 is 0 Å². The second kappa shape index (κ2) is 2.98. The van der Waals surface area contributed by atoms with Crippen LogP contribution in [0.15, 0.2) is 0 Å². The third-order valence-electron chi connectivity index (χ3n) is 5.22. The van der Waals surface area contributed by atoms with Crippen LogP contribution in [0.5, 0.6) is 0 Å². The Morgan fingerprint density at radius 3 is 2.13 bits per heavy atom. The van der Waals surface area contributed by atoms with E-state index in [2.05, 4.69) is 6.92 Å². The molecule has 0 aromatic rings. The van der Waals surface area contributed by atoms with Crippen molar-refractivity contribution in [1.29, 1.82) is 0 Å². The van der Waals surface area contributed by atoms with Crippen molar-refractivity contribution in [3.05, 3.63) is 0 Å². The van der Waals surface area contributed by atoms with Crippen molar-refractivity contribution >= 4 is 0 Å². The van der Waals surface area contributed by atoms with Crippen LogP contribution in [0.2, 0.25) is 0 Å². The number of hydrogen-bond donors (Lipinski definition) is 2. The van der Waals surface area contributed by atoms with Crippen molar-refractivity contribution in [3.8, 4) is 0 Å². The lowest BCUT2D eigenvalue weighted by Gasteiger charge is -2.62. The molecule has 4 bridgehead atoms. The molecule has 2 atom stereocenters. The molecule has 0 saturated heterocycles. The van der Waals surface area contributed by atoms with E-state index >= 15 is 0 Å². The Balaban J connectivity index is 1.90. The summed E-state index contributed by atoms with van der Waals surface area (Å²) >= 11 is 0. The van der Waals surface area contributed by atoms with Crippen molar-refractivity contribution in [2.45, 2.75) is 63.1 Å². The molecule has 0 aliphatic heterocycles. The van der Waals surface area contributed by atoms with Crippen molar-refractivity contribution in [2.24, 2.45) is 17.8 Å². The maximum atomic E-state index is 10.8. The zero-order chi connectivity index (χ0) is 10.7. The van der Waals surface area contributed by atoms with Gasteiger partial charge in [0, 0.05) is 0 Å². The van der Waals surface area contributed by atoms with Gasteiger partial charge in [0.2, 0.25) is 0 Å². The van der Waals surface area contributed by atoms with Gasteiger partial charge in [-0.3, -0.25) is 0 Å². The second-order valence-corrected chi connectivity index (χ2v) is 6.31. The summed E-state index contributed by atoms with van der Waals surface area (Å²) in [5.41, 5.74) is -0.839. The minimum absolute atomic E-state index is 0.383. The highest BCUT2D eigenvalue weighted by Gasteiger charge is 2.60. The molecule has 4 rings (SSSR count). The van der Waals surface area contributed by atoms with E-state index < -0.39 is 11.2 Å². The first-order valence-corrected chi connectivity index (χ1v) is 6.50. The van der Waals surface area contributed by atoms with Crippen LogP contribution >= 0.6 is 0 Å². The maximum Gasteiger partial charge on any atom is 0.0706 e. The lowest BCUT2D eigenvalue weighted by atomic mass is 9.47. The van der Waals surface area contributed by atoms with E-state index in [4.69, 9.17) is 0 Å². The molecule has 2 nitrogen and oxygen atoms in total. The monoisotopic (exact) mass is 210 g/mol. The molecule has 15 heavy (non-hydrogen) atoms. The molecule has 4 fully saturated rings. The maximum absolute atomic E-state index is 10.8. The summed E-state index contributed by atoms with van der Waals surface area (Å²) in [6.45, 7) is 2.15. The van der Waals surface area contributed by atoms with Gasteiger partial charge in [0.15, 0.2) is 0 Å². The number of aliphatic hydroxyl groups is 2. The van der Waals surface area contributed by atoms with Crippen LogP contribution in [0.25, 0.3) is 0 Å². The molecule has 2 N–H and O–H groups in total. The zero-order valence-corrected chi connectivity index (χ0v) is 9.58. The zero-order valence-electron chi connectivity index (χ0n) is 9.58. The Kier molecular flexibility index (Phi) is 2.01. The van der Waals surface area contributed by atoms with Gasteiger partial charge in [-0.25, -0.2) is 0 Å². The molecular formula is C13H22O2. The van der Waals surface area contributed by atoms with Crippen LogP contribution in [0.1, 0.15) is 51.9 Å². The first-order chi connectivity index (χ1) is 7.06. The van der Waals surface area contributed by atoms with Crippen LogP contribution in [0, 0.1) is 17.8 Å². The summed E-state index contributed by atoms with van der Waals surface area (Å²) in [4.78, 5) is 0. The lowest BCUT2D eigenvalue weighted by Crippen LogP contribution is -2.63. The average Bonchev–Trinajstić information content (AvgIpc) is 2.12. The lowest BCUT2D eigenvalue weighted by molar-refractivity contribution is -0.228. The third-order valence-corrected chi connectivity index (χ3v) is 5.22. The molecular weight excluding hydrogens is 188 g/mol. The van der Waals surface area contributed by atoms with E-state index in [-0.39, 0.29) is 0 Å². The molecule has 0 spiro atoms. The Bertz CT molecular complexity index is 258. The van der Waals surface area contributed by atoms with E-state index in [1.54, 1.807) is 0 Å². The Morgan fingerprint density at radius 1 is 1.07 bits per heavy atom. The third kappa shape index (κ3) is 1.31. The fourth-order valence-electron chi connectivity index (χ4n) is 4.84. The quantitative estimate of drug-likeness (QED) is 0.732. The van der Waals surface area contributed by atoms with Crippen LogP contribution in [0.3, 0.4) is 0 Å². The second-order valence-electron chi connectivity index (χ2n) is 6.31. The highest BCUT2D eigenvalue weighted by molar-refractivity contribution is 5.12. The van der Waals surface area contributed by atoms with Gasteiger partial charge in [0.1, 0.15) is 0 Å². The SMILES string of the molecule is CCCC1(O)C2CC3CC1CC(O)(C3)C2. The topological polar surface area (TPSA) is 40.5 Å². The van der Waals surface area contributed by atoms with Crippen molar-refractivity contribution in [1.82, 2.24) is 0 Å². The predicted octanol–water partition coefficient (Wildman–Crippen LogP) is 2.09. The normalized spacial score (nSPS) is 57.4. The molecule has 0 heterocycles. The van der Waals surface area contributed by atoms with Gasteiger partial charge in [-0.1, -0.05) is 13.3 Å². The summed E-state index contributed by atoms with van der Waals surface area (Å²) in [6.07, 6.45) is 7.04. The van der Waals surface area contributed by atoms with E-state index in [0.717, 1.165) is 44.9 Å². The molecule has 0 amide bonds. The van der Waals surface area contributed by atoms with Crippen molar-refractivity contribution in [3.63, 3.8) is 0 Å². The summed E-state index contributed by atoms with van der Waals surface area (Å²) in [7, 11) is 0. The van der Waals surface area contributed by atoms with Gasteiger partial charge in [-0.15, -0.1) is 0 Å². The molecule has 2 heteroatoms.